The Morgan fingerprint density at radius 1 is 1.18 bits per heavy atom. The lowest BCUT2D eigenvalue weighted by Crippen LogP contribution is -2.23. The molecule has 2 heterocycles. The predicted molar refractivity (Wildman–Crippen MR) is 113 cm³/mol. The molecule has 1 aliphatic rings. The zero-order valence-corrected chi connectivity index (χ0v) is 16.5. The van der Waals surface area contributed by atoms with Crippen LogP contribution in [0, 0.1) is 3.95 Å². The van der Waals surface area contributed by atoms with Gasteiger partial charge in [0.25, 0.3) is 5.91 Å². The number of thiazole rings is 1. The van der Waals surface area contributed by atoms with Crippen molar-refractivity contribution in [3.63, 3.8) is 0 Å². The van der Waals surface area contributed by atoms with Crippen LogP contribution in [0.15, 0.2) is 65.3 Å². The summed E-state index contributed by atoms with van der Waals surface area (Å²) in [6.45, 7) is 1.89. The average molecular weight is 409 g/mol. The Bertz CT molecular complexity index is 1190. The van der Waals surface area contributed by atoms with Crippen molar-refractivity contribution in [2.45, 2.75) is 6.92 Å². The Hall–Kier alpha value is -3.10. The van der Waals surface area contributed by atoms with Crippen LogP contribution in [0.3, 0.4) is 0 Å². The summed E-state index contributed by atoms with van der Waals surface area (Å²) in [7, 11) is 0. The number of hydrogen-bond acceptors (Lipinski definition) is 6. The van der Waals surface area contributed by atoms with Crippen LogP contribution in [0.4, 0.5) is 5.69 Å². The molecule has 140 valence electrons. The maximum atomic E-state index is 13.1. The van der Waals surface area contributed by atoms with Crippen molar-refractivity contribution in [3.05, 3.63) is 64.1 Å². The summed E-state index contributed by atoms with van der Waals surface area (Å²) in [5.41, 5.74) is 1.53. The number of hydrazone groups is 1. The molecule has 0 N–H and O–H groups in total. The molecule has 0 fully saturated rings. The second-order valence-corrected chi connectivity index (χ2v) is 7.55. The van der Waals surface area contributed by atoms with E-state index in [1.54, 1.807) is 42.0 Å². The Morgan fingerprint density at radius 2 is 1.89 bits per heavy atom. The maximum Gasteiger partial charge on any atom is 0.359 e. The van der Waals surface area contributed by atoms with E-state index in [0.717, 1.165) is 10.2 Å². The van der Waals surface area contributed by atoms with Gasteiger partial charge in [0.1, 0.15) is 0 Å². The number of amides is 1. The minimum Gasteiger partial charge on any atom is -0.461 e. The normalized spacial score (nSPS) is 15.3. The number of carbonyl (C=O) groups excluding carboxylic acids is 2. The van der Waals surface area contributed by atoms with Crippen molar-refractivity contribution in [2.24, 2.45) is 5.10 Å². The number of carbonyl (C=O) groups is 2. The van der Waals surface area contributed by atoms with E-state index in [-0.39, 0.29) is 17.9 Å². The van der Waals surface area contributed by atoms with Crippen molar-refractivity contribution in [3.8, 4) is 0 Å². The zero-order chi connectivity index (χ0) is 19.7. The van der Waals surface area contributed by atoms with E-state index in [0.29, 0.717) is 9.64 Å². The molecule has 8 heteroatoms. The van der Waals surface area contributed by atoms with Gasteiger partial charge < -0.3 is 4.74 Å². The quantitative estimate of drug-likeness (QED) is 0.367. The number of ether oxygens (including phenoxy) is 1. The third-order valence-corrected chi connectivity index (χ3v) is 5.51. The minimum atomic E-state index is -0.647. The molecule has 0 atom stereocenters. The Labute approximate surface area is 170 Å². The number of fused-ring (bicyclic) bond motifs is 1. The van der Waals surface area contributed by atoms with Gasteiger partial charge in [-0.3, -0.25) is 9.36 Å². The third kappa shape index (κ3) is 3.17. The summed E-state index contributed by atoms with van der Waals surface area (Å²) in [5, 5.41) is 5.45. The van der Waals surface area contributed by atoms with E-state index in [9.17, 15) is 9.59 Å². The van der Waals surface area contributed by atoms with Crippen LogP contribution < -0.4 is 5.01 Å². The van der Waals surface area contributed by atoms with Crippen molar-refractivity contribution < 1.29 is 14.3 Å². The first kappa shape index (κ1) is 18.3. The van der Waals surface area contributed by atoms with E-state index in [1.807, 2.05) is 30.3 Å². The first-order valence-electron chi connectivity index (χ1n) is 8.57. The van der Waals surface area contributed by atoms with Gasteiger partial charge in [0.05, 0.1) is 28.1 Å². The summed E-state index contributed by atoms with van der Waals surface area (Å²) in [5.74, 6) is -1.06. The number of aromatic nitrogens is 1. The number of rotatable bonds is 4. The molecule has 4 rings (SSSR count). The summed E-state index contributed by atoms with van der Waals surface area (Å²) in [4.78, 5) is 25.5. The minimum absolute atomic E-state index is 0.0344. The summed E-state index contributed by atoms with van der Waals surface area (Å²) >= 11 is 6.89. The molecule has 6 nitrogen and oxygen atoms in total. The smallest absolute Gasteiger partial charge is 0.359 e. The molecule has 0 unspecified atom stereocenters. The number of esters is 1. The average Bonchev–Trinajstić information content (AvgIpc) is 3.20. The second kappa shape index (κ2) is 7.49. The highest BCUT2D eigenvalue weighted by atomic mass is 32.1. The van der Waals surface area contributed by atoms with Gasteiger partial charge in [-0.05, 0) is 43.4 Å². The van der Waals surface area contributed by atoms with Crippen LogP contribution in [0.25, 0.3) is 16.4 Å². The molecule has 0 bridgehead atoms. The lowest BCUT2D eigenvalue weighted by atomic mass is 10.1. The van der Waals surface area contributed by atoms with Crippen LogP contribution in [0.5, 0.6) is 0 Å². The van der Waals surface area contributed by atoms with E-state index in [4.69, 9.17) is 17.0 Å². The number of anilines is 1. The van der Waals surface area contributed by atoms with Crippen LogP contribution in [-0.2, 0) is 14.3 Å². The lowest BCUT2D eigenvalue weighted by molar-refractivity contribution is -0.135. The van der Waals surface area contributed by atoms with Crippen LogP contribution in [-0.4, -0.2) is 28.8 Å². The van der Waals surface area contributed by atoms with Gasteiger partial charge in [0.15, 0.2) is 9.67 Å². The third-order valence-electron chi connectivity index (χ3n) is 4.12. The van der Waals surface area contributed by atoms with Crippen LogP contribution >= 0.6 is 23.6 Å². The molecule has 0 radical (unpaired) electrons. The fourth-order valence-electron chi connectivity index (χ4n) is 2.86. The maximum absolute atomic E-state index is 13.1. The summed E-state index contributed by atoms with van der Waals surface area (Å²) < 4.78 is 8.39. The number of nitrogens with zero attached hydrogens (tertiary/aromatic N) is 3. The molecule has 1 aromatic heterocycles. The Morgan fingerprint density at radius 3 is 2.64 bits per heavy atom. The number of hydrogen-bond donors (Lipinski definition) is 0. The molecule has 28 heavy (non-hydrogen) atoms. The van der Waals surface area contributed by atoms with E-state index in [2.05, 4.69) is 5.10 Å². The van der Waals surface area contributed by atoms with Gasteiger partial charge in [-0.1, -0.05) is 30.3 Å². The molecular weight excluding hydrogens is 394 g/mol. The first-order chi connectivity index (χ1) is 13.6. The summed E-state index contributed by atoms with van der Waals surface area (Å²) in [6, 6.07) is 16.6. The van der Waals surface area contributed by atoms with Crippen molar-refractivity contribution in [1.29, 1.82) is 0 Å². The van der Waals surface area contributed by atoms with Gasteiger partial charge in [-0.25, -0.2) is 4.79 Å². The Kier molecular flexibility index (Phi) is 4.89. The SMILES string of the molecule is CCOC(=O)C1=NN(c2ccccc2)C(=O)C1=Cn1c(=S)sc2ccccc21. The van der Waals surface area contributed by atoms with Crippen LogP contribution in [0.1, 0.15) is 6.92 Å². The van der Waals surface area contributed by atoms with Gasteiger partial charge in [-0.2, -0.15) is 10.1 Å². The molecule has 3 aromatic rings. The molecule has 2 aromatic carbocycles. The van der Waals surface area contributed by atoms with Gasteiger partial charge in [0.2, 0.25) is 0 Å². The van der Waals surface area contributed by atoms with E-state index >= 15 is 0 Å². The topological polar surface area (TPSA) is 63.9 Å². The van der Waals surface area contributed by atoms with Crippen molar-refractivity contribution >= 4 is 63.2 Å². The largest absolute Gasteiger partial charge is 0.461 e. The summed E-state index contributed by atoms with van der Waals surface area (Å²) in [6.07, 6.45) is 1.57. The molecule has 1 amide bonds. The molecular formula is C20H15N3O3S2. The van der Waals surface area contributed by atoms with Gasteiger partial charge in [0, 0.05) is 6.20 Å². The molecule has 0 saturated heterocycles. The Balaban J connectivity index is 1.86. The monoisotopic (exact) mass is 409 g/mol. The van der Waals surface area contributed by atoms with E-state index < -0.39 is 11.9 Å². The fraction of sp³-hybridized carbons (Fsp3) is 0.100. The number of benzene rings is 2. The molecule has 0 aliphatic carbocycles. The molecule has 0 saturated carbocycles. The highest BCUT2D eigenvalue weighted by Crippen LogP contribution is 2.27. The lowest BCUT2D eigenvalue weighted by Gasteiger charge is -2.10. The van der Waals surface area contributed by atoms with Gasteiger partial charge >= 0.3 is 5.97 Å². The first-order valence-corrected chi connectivity index (χ1v) is 9.80. The highest BCUT2D eigenvalue weighted by Gasteiger charge is 2.36. The fourth-order valence-corrected chi connectivity index (χ4v) is 4.14. The number of para-hydroxylation sites is 2. The van der Waals surface area contributed by atoms with Crippen molar-refractivity contribution in [2.75, 3.05) is 11.6 Å². The zero-order valence-electron chi connectivity index (χ0n) is 14.9. The standard InChI is InChI=1S/C20H15N3O3S2/c1-2-26-19(25)17-14(18(24)23(21-17)13-8-4-3-5-9-13)12-22-15-10-6-7-11-16(15)28-20(22)27/h3-12H,2H2,1H3. The molecule has 0 spiro atoms. The van der Waals surface area contributed by atoms with E-state index in [1.165, 1.54) is 16.3 Å². The highest BCUT2D eigenvalue weighted by molar-refractivity contribution is 7.73. The predicted octanol–water partition coefficient (Wildman–Crippen LogP) is 4.24. The molecule has 1 aliphatic heterocycles. The van der Waals surface area contributed by atoms with Gasteiger partial charge in [-0.15, -0.1) is 11.3 Å². The second-order valence-electron chi connectivity index (χ2n) is 5.87. The van der Waals surface area contributed by atoms with Crippen LogP contribution in [0.2, 0.25) is 0 Å². The van der Waals surface area contributed by atoms with Crippen molar-refractivity contribution in [1.82, 2.24) is 4.57 Å².